The van der Waals surface area contributed by atoms with Crippen LogP contribution in [0.2, 0.25) is 0 Å². The zero-order valence-electron chi connectivity index (χ0n) is 12.8. The molecule has 7 heteroatoms. The second-order valence-electron chi connectivity index (χ2n) is 5.09. The van der Waals surface area contributed by atoms with Crippen molar-refractivity contribution < 1.29 is 18.2 Å². The molecule has 2 amide bonds. The number of nitrogens with two attached hydrogens (primary N) is 1. The molecule has 0 saturated carbocycles. The lowest BCUT2D eigenvalue weighted by molar-refractivity contribution is -0.119. The molecule has 2 aromatic carbocycles. The molecule has 0 saturated heterocycles. The van der Waals surface area contributed by atoms with Gasteiger partial charge in [0.25, 0.3) is 5.91 Å². The zero-order chi connectivity index (χ0) is 17.5. The zero-order valence-corrected chi connectivity index (χ0v) is 13.6. The van der Waals surface area contributed by atoms with Gasteiger partial charge in [0.2, 0.25) is 5.91 Å². The Kier molecular flexibility index (Phi) is 6.20. The van der Waals surface area contributed by atoms with E-state index in [-0.39, 0.29) is 17.7 Å². The van der Waals surface area contributed by atoms with Gasteiger partial charge in [-0.05, 0) is 42.8 Å². The van der Waals surface area contributed by atoms with Crippen molar-refractivity contribution in [2.24, 2.45) is 5.73 Å². The average Bonchev–Trinajstić information content (AvgIpc) is 2.59. The fraction of sp³-hybridized carbons (Fsp3) is 0.176. The van der Waals surface area contributed by atoms with Gasteiger partial charge in [-0.3, -0.25) is 13.8 Å². The number of rotatable bonds is 7. The quantitative estimate of drug-likeness (QED) is 0.796. The highest BCUT2D eigenvalue weighted by atomic mass is 32.2. The molecule has 0 heterocycles. The Balaban J connectivity index is 1.97. The summed E-state index contributed by atoms with van der Waals surface area (Å²) in [6.45, 7) is 0. The van der Waals surface area contributed by atoms with E-state index in [1.807, 2.05) is 6.07 Å². The van der Waals surface area contributed by atoms with Crippen LogP contribution in [0.1, 0.15) is 16.8 Å². The fourth-order valence-electron chi connectivity index (χ4n) is 2.04. The SMILES string of the molecule is NC(=O)[C@H](CC[S@](=O)c1ccccc1)NC(=O)c1ccc(F)cc1. The number of primary amides is 1. The summed E-state index contributed by atoms with van der Waals surface area (Å²) in [6.07, 6.45) is 0.143. The second-order valence-corrected chi connectivity index (χ2v) is 6.66. The Bertz CT molecular complexity index is 735. The summed E-state index contributed by atoms with van der Waals surface area (Å²) in [5, 5.41) is 2.49. The third-order valence-electron chi connectivity index (χ3n) is 3.35. The first kappa shape index (κ1) is 17.8. The first-order valence-corrected chi connectivity index (χ1v) is 8.58. The van der Waals surface area contributed by atoms with Crippen LogP contribution in [-0.2, 0) is 15.6 Å². The van der Waals surface area contributed by atoms with Crippen LogP contribution in [0.15, 0.2) is 59.5 Å². The van der Waals surface area contributed by atoms with Crippen molar-refractivity contribution in [3.63, 3.8) is 0 Å². The van der Waals surface area contributed by atoms with Crippen LogP contribution in [-0.4, -0.2) is 27.8 Å². The minimum atomic E-state index is -1.29. The molecule has 2 aromatic rings. The molecule has 0 unspecified atom stereocenters. The van der Waals surface area contributed by atoms with Crippen LogP contribution in [0.25, 0.3) is 0 Å². The van der Waals surface area contributed by atoms with E-state index < -0.39 is 34.5 Å². The van der Waals surface area contributed by atoms with Gasteiger partial charge in [0, 0.05) is 16.2 Å². The number of amides is 2. The highest BCUT2D eigenvalue weighted by Crippen LogP contribution is 2.09. The summed E-state index contributed by atoms with van der Waals surface area (Å²) in [5.74, 6) is -1.53. The van der Waals surface area contributed by atoms with Gasteiger partial charge in [0.05, 0.1) is 10.8 Å². The maximum absolute atomic E-state index is 12.9. The average molecular weight is 348 g/mol. The van der Waals surface area contributed by atoms with Gasteiger partial charge >= 0.3 is 0 Å². The highest BCUT2D eigenvalue weighted by Gasteiger charge is 2.20. The van der Waals surface area contributed by atoms with E-state index in [0.29, 0.717) is 4.90 Å². The van der Waals surface area contributed by atoms with Crippen LogP contribution in [0.3, 0.4) is 0 Å². The van der Waals surface area contributed by atoms with E-state index in [0.717, 1.165) is 12.1 Å². The van der Waals surface area contributed by atoms with Gasteiger partial charge in [0.15, 0.2) is 0 Å². The lowest BCUT2D eigenvalue weighted by atomic mass is 10.1. The van der Waals surface area contributed by atoms with E-state index >= 15 is 0 Å². The van der Waals surface area contributed by atoms with Gasteiger partial charge in [-0.15, -0.1) is 0 Å². The Morgan fingerprint density at radius 1 is 1.08 bits per heavy atom. The molecule has 126 valence electrons. The summed E-state index contributed by atoms with van der Waals surface area (Å²) in [4.78, 5) is 24.2. The number of carbonyl (C=O) groups is 2. The van der Waals surface area contributed by atoms with Gasteiger partial charge in [-0.25, -0.2) is 4.39 Å². The smallest absolute Gasteiger partial charge is 0.251 e. The minimum absolute atomic E-state index is 0.143. The van der Waals surface area contributed by atoms with Crippen LogP contribution in [0, 0.1) is 5.82 Å². The van der Waals surface area contributed by atoms with Gasteiger partial charge in [-0.1, -0.05) is 18.2 Å². The first-order chi connectivity index (χ1) is 11.5. The highest BCUT2D eigenvalue weighted by molar-refractivity contribution is 7.85. The molecule has 0 aromatic heterocycles. The molecule has 0 spiro atoms. The lowest BCUT2D eigenvalue weighted by Gasteiger charge is -2.15. The van der Waals surface area contributed by atoms with Crippen molar-refractivity contribution in [2.45, 2.75) is 17.4 Å². The maximum Gasteiger partial charge on any atom is 0.251 e. The van der Waals surface area contributed by atoms with Gasteiger partial charge in [0.1, 0.15) is 11.9 Å². The molecule has 0 aliphatic carbocycles. The normalized spacial score (nSPS) is 13.0. The summed E-state index contributed by atoms with van der Waals surface area (Å²) in [5.41, 5.74) is 5.51. The van der Waals surface area contributed by atoms with E-state index in [4.69, 9.17) is 5.73 Å². The molecule has 0 aliphatic heterocycles. The van der Waals surface area contributed by atoms with Crippen molar-refractivity contribution in [2.75, 3.05) is 5.75 Å². The molecule has 3 N–H and O–H groups in total. The van der Waals surface area contributed by atoms with E-state index in [1.165, 1.54) is 12.1 Å². The van der Waals surface area contributed by atoms with Crippen molar-refractivity contribution in [1.29, 1.82) is 0 Å². The van der Waals surface area contributed by atoms with Crippen molar-refractivity contribution in [1.82, 2.24) is 5.32 Å². The van der Waals surface area contributed by atoms with Crippen LogP contribution in [0.5, 0.6) is 0 Å². The molecule has 5 nitrogen and oxygen atoms in total. The first-order valence-electron chi connectivity index (χ1n) is 7.26. The Hall–Kier alpha value is -2.54. The number of nitrogens with one attached hydrogen (secondary N) is 1. The van der Waals surface area contributed by atoms with E-state index in [1.54, 1.807) is 24.3 Å². The molecule has 0 bridgehead atoms. The number of carbonyl (C=O) groups excluding carboxylic acids is 2. The minimum Gasteiger partial charge on any atom is -0.368 e. The Morgan fingerprint density at radius 3 is 2.29 bits per heavy atom. The Morgan fingerprint density at radius 2 is 1.71 bits per heavy atom. The van der Waals surface area contributed by atoms with E-state index in [9.17, 15) is 18.2 Å². The maximum atomic E-state index is 12.9. The van der Waals surface area contributed by atoms with Crippen molar-refractivity contribution in [3.8, 4) is 0 Å². The van der Waals surface area contributed by atoms with Crippen molar-refractivity contribution >= 4 is 22.6 Å². The number of benzene rings is 2. The largest absolute Gasteiger partial charge is 0.368 e. The molecular formula is C17H17FN2O3S. The van der Waals surface area contributed by atoms with Crippen molar-refractivity contribution in [3.05, 3.63) is 66.0 Å². The summed E-state index contributed by atoms with van der Waals surface area (Å²) >= 11 is 0. The number of hydrogen-bond acceptors (Lipinski definition) is 3. The van der Waals surface area contributed by atoms with Crippen LogP contribution < -0.4 is 11.1 Å². The topological polar surface area (TPSA) is 89.3 Å². The fourth-order valence-corrected chi connectivity index (χ4v) is 3.19. The van der Waals surface area contributed by atoms with Crippen LogP contribution >= 0.6 is 0 Å². The van der Waals surface area contributed by atoms with E-state index in [2.05, 4.69) is 5.32 Å². The molecule has 2 atom stereocenters. The lowest BCUT2D eigenvalue weighted by Crippen LogP contribution is -2.45. The predicted molar refractivity (Wildman–Crippen MR) is 89.2 cm³/mol. The molecule has 0 radical (unpaired) electrons. The van der Waals surface area contributed by atoms with Gasteiger partial charge < -0.3 is 11.1 Å². The summed E-state index contributed by atoms with van der Waals surface area (Å²) in [6, 6.07) is 12.8. The predicted octanol–water partition coefficient (Wildman–Crippen LogP) is 1.61. The second kappa shape index (κ2) is 8.35. The molecular weight excluding hydrogens is 331 g/mol. The molecule has 0 aliphatic rings. The molecule has 24 heavy (non-hydrogen) atoms. The molecule has 0 fully saturated rings. The number of hydrogen-bond donors (Lipinski definition) is 2. The Labute approximate surface area is 141 Å². The summed E-state index contributed by atoms with van der Waals surface area (Å²) in [7, 11) is -1.29. The number of halogens is 1. The monoisotopic (exact) mass is 348 g/mol. The summed E-state index contributed by atoms with van der Waals surface area (Å²) < 4.78 is 25.0. The van der Waals surface area contributed by atoms with Gasteiger partial charge in [-0.2, -0.15) is 0 Å². The standard InChI is InChI=1S/C17H17FN2O3S/c18-13-8-6-12(7-9-13)17(22)20-15(16(19)21)10-11-24(23)14-4-2-1-3-5-14/h1-9,15H,10-11H2,(H2,19,21)(H,20,22)/t15-,24-/m0/s1. The molecule has 2 rings (SSSR count). The third kappa shape index (κ3) is 4.99. The van der Waals surface area contributed by atoms with Crippen LogP contribution in [0.4, 0.5) is 4.39 Å². The third-order valence-corrected chi connectivity index (χ3v) is 4.76.